The highest BCUT2D eigenvalue weighted by Crippen LogP contribution is 2.19. The molecule has 0 saturated carbocycles. The largest absolute Gasteiger partial charge is 0.368 e. The molecule has 0 aromatic heterocycles. The highest BCUT2D eigenvalue weighted by Gasteiger charge is 2.29. The van der Waals surface area contributed by atoms with E-state index in [0.29, 0.717) is 6.04 Å². The summed E-state index contributed by atoms with van der Waals surface area (Å²) >= 11 is 0. The molecule has 0 aromatic carbocycles. The molecule has 109 valence electrons. The Bertz CT molecular complexity index is 287. The maximum Gasteiger partial charge on any atom is 0.234 e. The van der Waals surface area contributed by atoms with Crippen LogP contribution in [0.1, 0.15) is 45.4 Å². The number of likely N-dealkylation sites (tertiary alicyclic amines) is 2. The number of primary amides is 1. The molecule has 0 spiro atoms. The van der Waals surface area contributed by atoms with Crippen molar-refractivity contribution < 1.29 is 4.79 Å². The number of amides is 1. The number of nitrogens with two attached hydrogens (primary N) is 1. The molecule has 0 bridgehead atoms. The molecule has 19 heavy (non-hydrogen) atoms. The smallest absolute Gasteiger partial charge is 0.234 e. The Morgan fingerprint density at radius 3 is 2.58 bits per heavy atom. The number of nitrogens with zero attached hydrogens (tertiary/aromatic N) is 2. The van der Waals surface area contributed by atoms with Crippen LogP contribution in [0.4, 0.5) is 0 Å². The first kappa shape index (κ1) is 14.8. The van der Waals surface area contributed by atoms with E-state index < -0.39 is 0 Å². The molecule has 0 aromatic rings. The molecule has 1 radical (unpaired) electrons. The van der Waals surface area contributed by atoms with Crippen molar-refractivity contribution in [1.29, 1.82) is 0 Å². The number of carbonyl (C=O) groups excluding carboxylic acids is 1. The van der Waals surface area contributed by atoms with Crippen LogP contribution in [0.5, 0.6) is 0 Å². The van der Waals surface area contributed by atoms with Crippen molar-refractivity contribution in [1.82, 2.24) is 9.80 Å². The van der Waals surface area contributed by atoms with E-state index in [-0.39, 0.29) is 11.9 Å². The summed E-state index contributed by atoms with van der Waals surface area (Å²) in [6.07, 6.45) is 9.47. The van der Waals surface area contributed by atoms with Crippen molar-refractivity contribution in [2.45, 2.75) is 57.5 Å². The number of carbonyl (C=O) groups is 1. The van der Waals surface area contributed by atoms with E-state index in [4.69, 9.17) is 5.73 Å². The maximum atomic E-state index is 11.5. The number of piperidine rings is 1. The molecule has 2 N–H and O–H groups in total. The van der Waals surface area contributed by atoms with E-state index in [1.54, 1.807) is 0 Å². The molecule has 2 fully saturated rings. The summed E-state index contributed by atoms with van der Waals surface area (Å²) in [6, 6.07) is 0.446. The molecule has 1 unspecified atom stereocenters. The van der Waals surface area contributed by atoms with Crippen LogP contribution in [0.25, 0.3) is 0 Å². The fourth-order valence-electron chi connectivity index (χ4n) is 3.34. The predicted molar refractivity (Wildman–Crippen MR) is 77.6 cm³/mol. The first-order chi connectivity index (χ1) is 9.18. The average Bonchev–Trinajstić information content (AvgIpc) is 2.68. The molecule has 4 nitrogen and oxygen atoms in total. The van der Waals surface area contributed by atoms with E-state index >= 15 is 0 Å². The van der Waals surface area contributed by atoms with Gasteiger partial charge in [0.05, 0.1) is 6.04 Å². The number of rotatable bonds is 4. The van der Waals surface area contributed by atoms with Gasteiger partial charge in [-0.3, -0.25) is 14.6 Å². The normalized spacial score (nSPS) is 28.8. The third kappa shape index (κ3) is 4.18. The van der Waals surface area contributed by atoms with Crippen LogP contribution in [0.2, 0.25) is 0 Å². The van der Waals surface area contributed by atoms with Gasteiger partial charge in [0.2, 0.25) is 5.91 Å². The van der Waals surface area contributed by atoms with Crippen LogP contribution in [0.3, 0.4) is 0 Å². The first-order valence-electron chi connectivity index (χ1n) is 7.77. The molecule has 2 rings (SSSR count). The Kier molecular flexibility index (Phi) is 5.64. The van der Waals surface area contributed by atoms with E-state index in [1.807, 2.05) is 0 Å². The van der Waals surface area contributed by atoms with Crippen LogP contribution in [0.15, 0.2) is 0 Å². The van der Waals surface area contributed by atoms with E-state index in [9.17, 15) is 4.79 Å². The SMILES string of the molecule is C[C@@H](CN1CC[CH]CC1C(N)=O)N1CCCCCC1. The molecule has 2 aliphatic rings. The Hall–Kier alpha value is -0.610. The summed E-state index contributed by atoms with van der Waals surface area (Å²) in [6.45, 7) is 6.67. The van der Waals surface area contributed by atoms with Crippen LogP contribution < -0.4 is 5.73 Å². The van der Waals surface area contributed by atoms with Gasteiger partial charge in [-0.25, -0.2) is 0 Å². The lowest BCUT2D eigenvalue weighted by molar-refractivity contribution is -0.124. The number of hydrogen-bond donors (Lipinski definition) is 1. The molecular formula is C15H28N3O. The van der Waals surface area contributed by atoms with Gasteiger partial charge in [-0.1, -0.05) is 12.8 Å². The maximum absolute atomic E-state index is 11.5. The topological polar surface area (TPSA) is 49.6 Å². The van der Waals surface area contributed by atoms with Crippen molar-refractivity contribution in [3.8, 4) is 0 Å². The summed E-state index contributed by atoms with van der Waals surface area (Å²) < 4.78 is 0. The van der Waals surface area contributed by atoms with Gasteiger partial charge in [0.1, 0.15) is 0 Å². The Balaban J connectivity index is 1.88. The zero-order valence-corrected chi connectivity index (χ0v) is 12.2. The summed E-state index contributed by atoms with van der Waals surface area (Å²) in [5, 5.41) is 0. The molecule has 0 aliphatic carbocycles. The van der Waals surface area contributed by atoms with Crippen molar-refractivity contribution in [2.24, 2.45) is 5.73 Å². The fourth-order valence-corrected chi connectivity index (χ4v) is 3.34. The highest BCUT2D eigenvalue weighted by molar-refractivity contribution is 5.80. The minimum atomic E-state index is -0.168. The average molecular weight is 266 g/mol. The minimum absolute atomic E-state index is 0.0804. The van der Waals surface area contributed by atoms with Gasteiger partial charge >= 0.3 is 0 Å². The first-order valence-corrected chi connectivity index (χ1v) is 7.77. The predicted octanol–water partition coefficient (Wildman–Crippen LogP) is 1.40. The van der Waals surface area contributed by atoms with E-state index in [2.05, 4.69) is 23.1 Å². The van der Waals surface area contributed by atoms with Gasteiger partial charge in [-0.2, -0.15) is 0 Å². The standard InChI is InChI=1S/C15H28N3O/c1-13(17-9-5-2-3-6-10-17)12-18-11-7-4-8-14(18)15(16)19/h4,13-14H,2-3,5-12H2,1H3,(H2,16,19)/t13-,14?/m0/s1. The lowest BCUT2D eigenvalue weighted by Crippen LogP contribution is -2.52. The number of hydrogen-bond acceptors (Lipinski definition) is 3. The van der Waals surface area contributed by atoms with Crippen LogP contribution in [-0.4, -0.2) is 54.0 Å². The van der Waals surface area contributed by atoms with Gasteiger partial charge in [0.25, 0.3) is 0 Å². The Morgan fingerprint density at radius 1 is 1.26 bits per heavy atom. The molecule has 2 atom stereocenters. The highest BCUT2D eigenvalue weighted by atomic mass is 16.1. The summed E-state index contributed by atoms with van der Waals surface area (Å²) in [5.74, 6) is -0.168. The molecule has 2 saturated heterocycles. The van der Waals surface area contributed by atoms with Crippen molar-refractivity contribution in [3.05, 3.63) is 6.42 Å². The van der Waals surface area contributed by atoms with Crippen LogP contribution in [-0.2, 0) is 4.79 Å². The van der Waals surface area contributed by atoms with Crippen molar-refractivity contribution >= 4 is 5.91 Å². The van der Waals surface area contributed by atoms with Gasteiger partial charge in [0, 0.05) is 12.6 Å². The summed E-state index contributed by atoms with van der Waals surface area (Å²) in [4.78, 5) is 16.4. The van der Waals surface area contributed by atoms with Crippen molar-refractivity contribution in [3.63, 3.8) is 0 Å². The monoisotopic (exact) mass is 266 g/mol. The summed E-state index contributed by atoms with van der Waals surface area (Å²) in [7, 11) is 0. The van der Waals surface area contributed by atoms with Crippen LogP contribution in [0, 0.1) is 6.42 Å². The van der Waals surface area contributed by atoms with E-state index in [0.717, 1.165) is 25.9 Å². The molecule has 2 aliphatic heterocycles. The second-order valence-corrected chi connectivity index (χ2v) is 6.03. The quantitative estimate of drug-likeness (QED) is 0.837. The Morgan fingerprint density at radius 2 is 1.95 bits per heavy atom. The summed E-state index contributed by atoms with van der Waals surface area (Å²) in [5.41, 5.74) is 5.52. The second-order valence-electron chi connectivity index (χ2n) is 6.03. The van der Waals surface area contributed by atoms with Crippen molar-refractivity contribution in [2.75, 3.05) is 26.2 Å². The van der Waals surface area contributed by atoms with Gasteiger partial charge in [0.15, 0.2) is 0 Å². The lowest BCUT2D eigenvalue weighted by Gasteiger charge is -2.38. The fraction of sp³-hybridized carbons (Fsp3) is 0.867. The van der Waals surface area contributed by atoms with Crippen LogP contribution >= 0.6 is 0 Å². The van der Waals surface area contributed by atoms with E-state index in [1.165, 1.54) is 38.8 Å². The third-order valence-corrected chi connectivity index (χ3v) is 4.54. The molecule has 1 amide bonds. The zero-order valence-electron chi connectivity index (χ0n) is 12.2. The molecular weight excluding hydrogens is 238 g/mol. The minimum Gasteiger partial charge on any atom is -0.368 e. The van der Waals surface area contributed by atoms with Gasteiger partial charge in [-0.15, -0.1) is 0 Å². The van der Waals surface area contributed by atoms with Gasteiger partial charge < -0.3 is 5.73 Å². The lowest BCUT2D eigenvalue weighted by atomic mass is 10.0. The zero-order chi connectivity index (χ0) is 13.7. The van der Waals surface area contributed by atoms with Gasteiger partial charge in [-0.05, 0) is 58.7 Å². The third-order valence-electron chi connectivity index (χ3n) is 4.54. The molecule has 2 heterocycles. The second kappa shape index (κ2) is 7.25. The Labute approximate surface area is 117 Å². The molecule has 4 heteroatoms.